The molecule has 1 atom stereocenters. The van der Waals surface area contributed by atoms with E-state index in [0.29, 0.717) is 4.90 Å². The van der Waals surface area contributed by atoms with Crippen molar-refractivity contribution in [2.24, 2.45) is 0 Å². The fraction of sp³-hybridized carbons (Fsp3) is 0.263. The Bertz CT molecular complexity index is 1700. The predicted octanol–water partition coefficient (Wildman–Crippen LogP) is 8.52. The standard InChI is InChI=1S/C38H38O2S/c1-29-15-21-32(22-16-29)36(41(39,40)35-12-8-7-9-13-35)14-10-11-31-19-25-34(26-20-31)38(5,6)28-27-37(3,4)33-23-17-30(2)18-24-33/h7-9,12-13,15-26,36H,14H2,1-6H3. The number of rotatable bonds is 6. The first-order chi connectivity index (χ1) is 19.4. The van der Waals surface area contributed by atoms with Crippen molar-refractivity contribution in [2.45, 2.75) is 68.9 Å². The minimum absolute atomic E-state index is 0.201. The lowest BCUT2D eigenvalue weighted by Crippen LogP contribution is -2.19. The van der Waals surface area contributed by atoms with Gasteiger partial charge in [-0.2, -0.15) is 0 Å². The van der Waals surface area contributed by atoms with Gasteiger partial charge in [0.05, 0.1) is 15.7 Å². The molecule has 4 aromatic rings. The molecule has 208 valence electrons. The Labute approximate surface area is 246 Å². The summed E-state index contributed by atoms with van der Waals surface area (Å²) in [4.78, 5) is 0.311. The minimum Gasteiger partial charge on any atom is -0.223 e. The van der Waals surface area contributed by atoms with Crippen molar-refractivity contribution in [1.82, 2.24) is 0 Å². The van der Waals surface area contributed by atoms with E-state index in [1.165, 1.54) is 11.1 Å². The molecule has 0 fully saturated rings. The van der Waals surface area contributed by atoms with Gasteiger partial charge in [-0.3, -0.25) is 0 Å². The summed E-state index contributed by atoms with van der Waals surface area (Å²) >= 11 is 0. The van der Waals surface area contributed by atoms with Crippen LogP contribution in [-0.2, 0) is 20.7 Å². The lowest BCUT2D eigenvalue weighted by molar-refractivity contribution is 0.583. The van der Waals surface area contributed by atoms with Crippen LogP contribution < -0.4 is 0 Å². The Hall–Kier alpha value is -4.05. The quantitative estimate of drug-likeness (QED) is 0.222. The van der Waals surface area contributed by atoms with Gasteiger partial charge in [0.1, 0.15) is 5.25 Å². The van der Waals surface area contributed by atoms with Crippen LogP contribution >= 0.6 is 0 Å². The molecule has 0 aliphatic heterocycles. The number of hydrogen-bond donors (Lipinski definition) is 0. The van der Waals surface area contributed by atoms with Crippen molar-refractivity contribution in [3.8, 4) is 23.7 Å². The molecule has 0 saturated carbocycles. The van der Waals surface area contributed by atoms with Gasteiger partial charge in [0, 0.05) is 12.0 Å². The minimum atomic E-state index is -3.61. The molecule has 3 heteroatoms. The van der Waals surface area contributed by atoms with Crippen molar-refractivity contribution in [3.05, 3.63) is 137 Å². The van der Waals surface area contributed by atoms with E-state index in [1.54, 1.807) is 24.3 Å². The van der Waals surface area contributed by atoms with Crippen molar-refractivity contribution < 1.29 is 8.42 Å². The van der Waals surface area contributed by atoms with Crippen molar-refractivity contribution in [2.75, 3.05) is 0 Å². The average molecular weight is 559 g/mol. The molecule has 4 rings (SSSR count). The summed E-state index contributed by atoms with van der Waals surface area (Å²) < 4.78 is 27.1. The molecule has 0 saturated heterocycles. The fourth-order valence-electron chi connectivity index (χ4n) is 4.61. The van der Waals surface area contributed by atoms with Gasteiger partial charge in [0.2, 0.25) is 0 Å². The molecular formula is C38H38O2S. The first-order valence-corrected chi connectivity index (χ1v) is 15.5. The van der Waals surface area contributed by atoms with Gasteiger partial charge in [-0.05, 0) is 82.5 Å². The van der Waals surface area contributed by atoms with Crippen LogP contribution in [0.15, 0.2) is 108 Å². The molecule has 4 aromatic carbocycles. The molecule has 0 aromatic heterocycles. The number of hydrogen-bond acceptors (Lipinski definition) is 2. The van der Waals surface area contributed by atoms with Crippen LogP contribution in [0.1, 0.15) is 72.7 Å². The van der Waals surface area contributed by atoms with Crippen LogP contribution in [0.4, 0.5) is 0 Å². The third-order valence-electron chi connectivity index (χ3n) is 7.48. The van der Waals surface area contributed by atoms with Gasteiger partial charge in [-0.1, -0.05) is 114 Å². The van der Waals surface area contributed by atoms with Crippen molar-refractivity contribution >= 4 is 9.84 Å². The summed E-state index contributed by atoms with van der Waals surface area (Å²) in [5.41, 5.74) is 5.63. The SMILES string of the molecule is Cc1ccc(C(CC#Cc2ccc(C(C)(C)C#CC(C)(C)c3ccc(C)cc3)cc2)S(=O)(=O)c2ccccc2)cc1. The molecule has 2 nitrogen and oxygen atoms in total. The highest BCUT2D eigenvalue weighted by Gasteiger charge is 2.28. The number of benzene rings is 4. The zero-order valence-corrected chi connectivity index (χ0v) is 25.6. The average Bonchev–Trinajstić information content (AvgIpc) is 2.96. The zero-order chi connectivity index (χ0) is 29.7. The summed E-state index contributed by atoms with van der Waals surface area (Å²) in [6.45, 7) is 12.7. The second kappa shape index (κ2) is 12.2. The highest BCUT2D eigenvalue weighted by molar-refractivity contribution is 7.91. The Morgan fingerprint density at radius 3 is 1.61 bits per heavy atom. The Morgan fingerprint density at radius 2 is 1.10 bits per heavy atom. The van der Waals surface area contributed by atoms with E-state index < -0.39 is 15.1 Å². The van der Waals surface area contributed by atoms with Gasteiger partial charge in [0.15, 0.2) is 9.84 Å². The Balaban J connectivity index is 1.54. The molecule has 0 aliphatic rings. The van der Waals surface area contributed by atoms with E-state index in [9.17, 15) is 8.42 Å². The van der Waals surface area contributed by atoms with Crippen molar-refractivity contribution in [1.29, 1.82) is 0 Å². The Morgan fingerprint density at radius 1 is 0.634 bits per heavy atom. The molecule has 0 aliphatic carbocycles. The molecule has 0 spiro atoms. The Kier molecular flexibility index (Phi) is 8.92. The summed E-state index contributed by atoms with van der Waals surface area (Å²) in [5.74, 6) is 13.4. The number of sulfone groups is 1. The van der Waals surface area contributed by atoms with Crippen molar-refractivity contribution in [3.63, 3.8) is 0 Å². The molecule has 0 radical (unpaired) electrons. The molecule has 1 unspecified atom stereocenters. The van der Waals surface area contributed by atoms with Crippen LogP contribution in [0.25, 0.3) is 0 Å². The second-order valence-electron chi connectivity index (χ2n) is 11.7. The first-order valence-electron chi connectivity index (χ1n) is 13.9. The van der Waals surface area contributed by atoms with Crippen LogP contribution in [0.3, 0.4) is 0 Å². The highest BCUT2D eigenvalue weighted by Crippen LogP contribution is 2.32. The maximum absolute atomic E-state index is 13.6. The maximum atomic E-state index is 13.6. The smallest absolute Gasteiger partial charge is 0.186 e. The maximum Gasteiger partial charge on any atom is 0.186 e. The summed E-state index contributed by atoms with van der Waals surface area (Å²) in [6, 6.07) is 33.0. The number of aryl methyl sites for hydroxylation is 2. The van der Waals surface area contributed by atoms with E-state index >= 15 is 0 Å². The second-order valence-corrected chi connectivity index (χ2v) is 13.8. The van der Waals surface area contributed by atoms with Crippen LogP contribution in [0.2, 0.25) is 0 Å². The lowest BCUT2D eigenvalue weighted by atomic mass is 9.80. The molecule has 0 bridgehead atoms. The normalized spacial score (nSPS) is 12.4. The third kappa shape index (κ3) is 7.38. The first kappa shape index (κ1) is 29.9. The summed E-state index contributed by atoms with van der Waals surface area (Å²) in [5, 5.41) is -0.747. The van der Waals surface area contributed by atoms with Crippen LogP contribution in [0, 0.1) is 37.5 Å². The van der Waals surface area contributed by atoms with Gasteiger partial charge in [-0.15, -0.1) is 0 Å². The monoisotopic (exact) mass is 558 g/mol. The predicted molar refractivity (Wildman–Crippen MR) is 170 cm³/mol. The van der Waals surface area contributed by atoms with E-state index in [0.717, 1.165) is 22.3 Å². The highest BCUT2D eigenvalue weighted by atomic mass is 32.2. The van der Waals surface area contributed by atoms with Gasteiger partial charge in [0.25, 0.3) is 0 Å². The third-order valence-corrected chi connectivity index (χ3v) is 9.60. The zero-order valence-electron chi connectivity index (χ0n) is 24.8. The van der Waals surface area contributed by atoms with E-state index in [4.69, 9.17) is 0 Å². The molecule has 41 heavy (non-hydrogen) atoms. The van der Waals surface area contributed by atoms with Gasteiger partial charge in [-0.25, -0.2) is 8.42 Å². The van der Waals surface area contributed by atoms with Crippen LogP contribution in [0.5, 0.6) is 0 Å². The van der Waals surface area contributed by atoms with E-state index in [1.807, 2.05) is 49.4 Å². The van der Waals surface area contributed by atoms with Gasteiger partial charge >= 0.3 is 0 Å². The largest absolute Gasteiger partial charge is 0.223 e. The fourth-order valence-corrected chi connectivity index (χ4v) is 6.29. The summed E-state index contributed by atoms with van der Waals surface area (Å²) in [7, 11) is -3.61. The lowest BCUT2D eigenvalue weighted by Gasteiger charge is -2.22. The molecule has 0 amide bonds. The molecular weight excluding hydrogens is 520 g/mol. The summed E-state index contributed by atoms with van der Waals surface area (Å²) in [6.07, 6.45) is 0.201. The van der Waals surface area contributed by atoms with Gasteiger partial charge < -0.3 is 0 Å². The molecule has 0 heterocycles. The topological polar surface area (TPSA) is 34.1 Å². The van der Waals surface area contributed by atoms with E-state index in [-0.39, 0.29) is 17.3 Å². The van der Waals surface area contributed by atoms with Crippen LogP contribution in [-0.4, -0.2) is 8.42 Å². The van der Waals surface area contributed by atoms with E-state index in [2.05, 4.69) is 94.7 Å². The molecule has 0 N–H and O–H groups in total.